The Morgan fingerprint density at radius 1 is 1.00 bits per heavy atom. The van der Waals surface area contributed by atoms with Crippen LogP contribution in [0.5, 0.6) is 0 Å². The SMILES string of the molecule is CC(C)CCC(=O)/C(=C/n1cnc(-c2cc(C(F)(F)F)cc(C(F)(F)F)c2)n1)c1ccncc1. The Morgan fingerprint density at radius 2 is 1.59 bits per heavy atom. The highest BCUT2D eigenvalue weighted by molar-refractivity contribution is 6.24. The highest BCUT2D eigenvalue weighted by Gasteiger charge is 2.37. The van der Waals surface area contributed by atoms with Crippen LogP contribution in [0.1, 0.15) is 43.4 Å². The van der Waals surface area contributed by atoms with Crippen molar-refractivity contribution in [3.05, 3.63) is 65.7 Å². The number of hydrogen-bond donors (Lipinski definition) is 0. The number of alkyl halides is 6. The Kier molecular flexibility index (Phi) is 7.23. The van der Waals surface area contributed by atoms with Gasteiger partial charge in [-0.25, -0.2) is 9.67 Å². The van der Waals surface area contributed by atoms with E-state index in [2.05, 4.69) is 15.1 Å². The van der Waals surface area contributed by atoms with Gasteiger partial charge >= 0.3 is 12.4 Å². The second-order valence-electron chi connectivity index (χ2n) is 7.98. The van der Waals surface area contributed by atoms with Gasteiger partial charge in [-0.1, -0.05) is 13.8 Å². The van der Waals surface area contributed by atoms with E-state index in [1.54, 1.807) is 12.1 Å². The Morgan fingerprint density at radius 3 is 2.12 bits per heavy atom. The predicted molar refractivity (Wildman–Crippen MR) is 113 cm³/mol. The van der Waals surface area contributed by atoms with Crippen molar-refractivity contribution in [3.8, 4) is 11.4 Å². The van der Waals surface area contributed by atoms with E-state index in [-0.39, 0.29) is 35.6 Å². The van der Waals surface area contributed by atoms with E-state index in [1.807, 2.05) is 13.8 Å². The smallest absolute Gasteiger partial charge is 0.294 e. The molecule has 0 atom stereocenters. The zero-order chi connectivity index (χ0) is 25.1. The molecule has 2 aromatic heterocycles. The molecule has 0 fully saturated rings. The van der Waals surface area contributed by atoms with Crippen LogP contribution in [0, 0.1) is 5.92 Å². The second kappa shape index (κ2) is 9.78. The maximum atomic E-state index is 13.2. The Labute approximate surface area is 191 Å². The molecule has 0 aliphatic carbocycles. The molecule has 1 aromatic carbocycles. The van der Waals surface area contributed by atoms with E-state index in [0.29, 0.717) is 24.1 Å². The third kappa shape index (κ3) is 6.30. The van der Waals surface area contributed by atoms with Crippen LogP contribution in [0.15, 0.2) is 49.1 Å². The lowest BCUT2D eigenvalue weighted by atomic mass is 9.97. The molecule has 0 bridgehead atoms. The summed E-state index contributed by atoms with van der Waals surface area (Å²) in [7, 11) is 0. The number of allylic oxidation sites excluding steroid dienone is 1. The van der Waals surface area contributed by atoms with Crippen LogP contribution in [0.25, 0.3) is 23.2 Å². The van der Waals surface area contributed by atoms with Gasteiger partial charge in [0.15, 0.2) is 11.6 Å². The molecule has 0 aliphatic rings. The van der Waals surface area contributed by atoms with E-state index in [0.717, 1.165) is 11.0 Å². The fourth-order valence-corrected chi connectivity index (χ4v) is 3.08. The average molecular weight is 482 g/mol. The Balaban J connectivity index is 2.03. The van der Waals surface area contributed by atoms with E-state index >= 15 is 0 Å². The fourth-order valence-electron chi connectivity index (χ4n) is 3.08. The van der Waals surface area contributed by atoms with E-state index in [9.17, 15) is 31.1 Å². The van der Waals surface area contributed by atoms with Gasteiger partial charge in [0.2, 0.25) is 0 Å². The molecule has 11 heteroatoms. The lowest BCUT2D eigenvalue weighted by Gasteiger charge is -2.13. The zero-order valence-electron chi connectivity index (χ0n) is 18.2. The van der Waals surface area contributed by atoms with Gasteiger partial charge in [0, 0.05) is 36.2 Å². The van der Waals surface area contributed by atoms with Gasteiger partial charge in [0.25, 0.3) is 0 Å². The number of Topliss-reactive ketones (excluding diaryl/α,β-unsaturated/α-hetero) is 1. The number of nitrogens with zero attached hydrogens (tertiary/aromatic N) is 4. The predicted octanol–water partition coefficient (Wildman–Crippen LogP) is 6.38. The number of rotatable bonds is 7. The van der Waals surface area contributed by atoms with Crippen molar-refractivity contribution in [1.29, 1.82) is 0 Å². The summed E-state index contributed by atoms with van der Waals surface area (Å²) in [6.45, 7) is 3.94. The van der Waals surface area contributed by atoms with E-state index in [4.69, 9.17) is 0 Å². The number of ketones is 1. The first kappa shape index (κ1) is 25.1. The Bertz CT molecular complexity index is 1150. The number of pyridine rings is 1. The third-order valence-corrected chi connectivity index (χ3v) is 4.86. The van der Waals surface area contributed by atoms with Crippen molar-refractivity contribution in [2.24, 2.45) is 5.92 Å². The van der Waals surface area contributed by atoms with E-state index in [1.165, 1.54) is 18.6 Å². The van der Waals surface area contributed by atoms with Gasteiger partial charge in [0.05, 0.1) is 11.1 Å². The van der Waals surface area contributed by atoms with Gasteiger partial charge in [-0.3, -0.25) is 9.78 Å². The quantitative estimate of drug-likeness (QED) is 0.290. The van der Waals surface area contributed by atoms with Crippen LogP contribution in [0.3, 0.4) is 0 Å². The van der Waals surface area contributed by atoms with E-state index < -0.39 is 29.0 Å². The lowest BCUT2D eigenvalue weighted by molar-refractivity contribution is -0.143. The van der Waals surface area contributed by atoms with Gasteiger partial charge in [0.1, 0.15) is 6.33 Å². The summed E-state index contributed by atoms with van der Waals surface area (Å²) in [5.41, 5.74) is -2.58. The first-order valence-corrected chi connectivity index (χ1v) is 10.2. The molecule has 34 heavy (non-hydrogen) atoms. The first-order chi connectivity index (χ1) is 15.8. The summed E-state index contributed by atoms with van der Waals surface area (Å²) in [6, 6.07) is 4.36. The van der Waals surface area contributed by atoms with Gasteiger partial charge in [-0.15, -0.1) is 5.10 Å². The van der Waals surface area contributed by atoms with Gasteiger partial charge in [-0.2, -0.15) is 26.3 Å². The average Bonchev–Trinajstić information content (AvgIpc) is 3.23. The topological polar surface area (TPSA) is 60.7 Å². The van der Waals surface area contributed by atoms with Gasteiger partial charge in [-0.05, 0) is 48.2 Å². The van der Waals surface area contributed by atoms with Crippen LogP contribution in [0.2, 0.25) is 0 Å². The first-order valence-electron chi connectivity index (χ1n) is 10.2. The summed E-state index contributed by atoms with van der Waals surface area (Å²) in [5.74, 6) is -0.267. The summed E-state index contributed by atoms with van der Waals surface area (Å²) < 4.78 is 80.1. The Hall–Kier alpha value is -3.50. The largest absolute Gasteiger partial charge is 0.416 e. The maximum absolute atomic E-state index is 13.2. The molecule has 0 unspecified atom stereocenters. The fraction of sp³-hybridized carbons (Fsp3) is 0.304. The molecule has 0 N–H and O–H groups in total. The molecular formula is C23H20F6N4O. The minimum atomic E-state index is -4.99. The molecule has 0 aliphatic heterocycles. The highest BCUT2D eigenvalue weighted by atomic mass is 19.4. The molecule has 180 valence electrons. The minimum absolute atomic E-state index is 0.0370. The summed E-state index contributed by atoms with van der Waals surface area (Å²) in [5, 5.41) is 4.00. The number of carbonyl (C=O) groups is 1. The number of carbonyl (C=O) groups excluding carboxylic acids is 1. The second-order valence-corrected chi connectivity index (χ2v) is 7.98. The normalized spacial score (nSPS) is 12.9. The number of hydrogen-bond acceptors (Lipinski definition) is 4. The zero-order valence-corrected chi connectivity index (χ0v) is 18.2. The molecule has 0 saturated carbocycles. The number of halogens is 6. The van der Waals surface area contributed by atoms with Crippen molar-refractivity contribution in [3.63, 3.8) is 0 Å². The molecule has 0 spiro atoms. The maximum Gasteiger partial charge on any atom is 0.416 e. The molecule has 5 nitrogen and oxygen atoms in total. The van der Waals surface area contributed by atoms with Crippen molar-refractivity contribution < 1.29 is 31.1 Å². The molecule has 0 saturated heterocycles. The van der Waals surface area contributed by atoms with Crippen molar-refractivity contribution in [2.75, 3.05) is 0 Å². The highest BCUT2D eigenvalue weighted by Crippen LogP contribution is 2.38. The number of benzene rings is 1. The van der Waals surface area contributed by atoms with Gasteiger partial charge < -0.3 is 0 Å². The van der Waals surface area contributed by atoms with Crippen LogP contribution in [-0.4, -0.2) is 25.5 Å². The minimum Gasteiger partial charge on any atom is -0.294 e. The molecule has 3 aromatic rings. The lowest BCUT2D eigenvalue weighted by Crippen LogP contribution is -2.11. The molecule has 0 amide bonds. The van der Waals surface area contributed by atoms with Crippen LogP contribution >= 0.6 is 0 Å². The number of aromatic nitrogens is 4. The molecule has 3 rings (SSSR count). The summed E-state index contributed by atoms with van der Waals surface area (Å²) in [4.78, 5) is 20.6. The van der Waals surface area contributed by atoms with Crippen LogP contribution < -0.4 is 0 Å². The standard InChI is InChI=1S/C23H20F6N4O/c1-14(2)3-4-20(34)19(15-5-7-30-8-6-15)12-33-13-31-21(32-33)16-9-17(22(24,25)26)11-18(10-16)23(27,28)29/h5-14H,3-4H2,1-2H3/b19-12+. The third-order valence-electron chi connectivity index (χ3n) is 4.86. The molecule has 2 heterocycles. The molecular weight excluding hydrogens is 462 g/mol. The van der Waals surface area contributed by atoms with Crippen molar-refractivity contribution in [2.45, 2.75) is 39.0 Å². The van der Waals surface area contributed by atoms with Crippen LogP contribution in [-0.2, 0) is 17.1 Å². The van der Waals surface area contributed by atoms with Crippen molar-refractivity contribution >= 4 is 17.6 Å². The van der Waals surface area contributed by atoms with Crippen molar-refractivity contribution in [1.82, 2.24) is 19.7 Å². The molecule has 0 radical (unpaired) electrons. The van der Waals surface area contributed by atoms with Crippen LogP contribution in [0.4, 0.5) is 26.3 Å². The monoisotopic (exact) mass is 482 g/mol. The summed E-state index contributed by atoms with van der Waals surface area (Å²) >= 11 is 0. The summed E-state index contributed by atoms with van der Waals surface area (Å²) in [6.07, 6.45) is -3.66.